The lowest BCUT2D eigenvalue weighted by Gasteiger charge is -2.12. The molecule has 2 aromatic carbocycles. The predicted octanol–water partition coefficient (Wildman–Crippen LogP) is 5.56. The number of aryl methyl sites for hydroxylation is 2. The summed E-state index contributed by atoms with van der Waals surface area (Å²) in [5.41, 5.74) is 2.99. The first-order valence-electron chi connectivity index (χ1n) is 6.30. The first-order valence-corrected chi connectivity index (χ1v) is 7.47. The Hall–Kier alpha value is -1.03. The first-order chi connectivity index (χ1) is 9.38. The number of ether oxygens (including phenoxy) is 1. The summed E-state index contributed by atoms with van der Waals surface area (Å²) < 4.78 is 6.91. The molecule has 0 fully saturated rings. The van der Waals surface area contributed by atoms with Crippen molar-refractivity contribution in [1.29, 1.82) is 0 Å². The minimum atomic E-state index is -0.543. The molecule has 0 aliphatic rings. The van der Waals surface area contributed by atoms with Crippen molar-refractivity contribution < 1.29 is 9.84 Å². The Morgan fingerprint density at radius 2 is 1.75 bits per heavy atom. The zero-order chi connectivity index (χ0) is 14.9. The molecule has 1 atom stereocenters. The van der Waals surface area contributed by atoms with Crippen LogP contribution >= 0.6 is 27.5 Å². The molecule has 0 unspecified atom stereocenters. The lowest BCUT2D eigenvalue weighted by molar-refractivity contribution is 0.199. The van der Waals surface area contributed by atoms with Gasteiger partial charge in [-0.3, -0.25) is 0 Å². The van der Waals surface area contributed by atoms with Gasteiger partial charge < -0.3 is 9.84 Å². The highest BCUT2D eigenvalue weighted by Crippen LogP contribution is 2.34. The number of benzene rings is 2. The highest BCUT2D eigenvalue weighted by atomic mass is 79.9. The Labute approximate surface area is 132 Å². The zero-order valence-corrected chi connectivity index (χ0v) is 13.9. The molecule has 2 rings (SSSR count). The van der Waals surface area contributed by atoms with E-state index < -0.39 is 6.10 Å². The quantitative estimate of drug-likeness (QED) is 0.780. The van der Waals surface area contributed by atoms with Crippen LogP contribution in [0.5, 0.6) is 11.5 Å². The number of aliphatic hydroxyl groups excluding tert-OH is 1. The third-order valence-corrected chi connectivity index (χ3v) is 4.62. The molecule has 0 aliphatic carbocycles. The summed E-state index contributed by atoms with van der Waals surface area (Å²) >= 11 is 9.72. The van der Waals surface area contributed by atoms with Gasteiger partial charge in [-0.25, -0.2) is 0 Å². The van der Waals surface area contributed by atoms with Crippen LogP contribution in [0.25, 0.3) is 0 Å². The molecule has 2 aromatic rings. The summed E-state index contributed by atoms with van der Waals surface area (Å²) in [5, 5.41) is 10.0. The third-order valence-electron chi connectivity index (χ3n) is 3.08. The van der Waals surface area contributed by atoms with Gasteiger partial charge in [-0.2, -0.15) is 0 Å². The van der Waals surface area contributed by atoms with Crippen molar-refractivity contribution in [3.05, 3.63) is 56.5 Å². The molecule has 0 radical (unpaired) electrons. The van der Waals surface area contributed by atoms with Gasteiger partial charge in [0.05, 0.1) is 11.1 Å². The Bertz CT molecular complexity index is 615. The second-order valence-corrected chi connectivity index (χ2v) is 6.04. The maximum atomic E-state index is 9.53. The van der Waals surface area contributed by atoms with Gasteiger partial charge in [-0.05, 0) is 61.7 Å². The highest BCUT2D eigenvalue weighted by Gasteiger charge is 2.09. The van der Waals surface area contributed by atoms with E-state index in [1.54, 1.807) is 19.1 Å². The second kappa shape index (κ2) is 6.17. The average Bonchev–Trinajstić information content (AvgIpc) is 2.38. The fourth-order valence-electron chi connectivity index (χ4n) is 1.95. The standard InChI is InChI=1S/C16H16BrClO2/c1-9-6-13(7-10(2)16(9)17)20-15-5-4-12(11(3)19)8-14(15)18/h4-8,11,19H,1-3H3/t11-/m0/s1. The molecule has 0 heterocycles. The topological polar surface area (TPSA) is 29.5 Å². The van der Waals surface area contributed by atoms with Crippen molar-refractivity contribution in [2.45, 2.75) is 26.9 Å². The summed E-state index contributed by atoms with van der Waals surface area (Å²) in [6.45, 7) is 5.73. The van der Waals surface area contributed by atoms with E-state index in [0.29, 0.717) is 10.8 Å². The second-order valence-electron chi connectivity index (χ2n) is 4.84. The van der Waals surface area contributed by atoms with E-state index in [9.17, 15) is 5.11 Å². The van der Waals surface area contributed by atoms with E-state index in [0.717, 1.165) is 26.9 Å². The van der Waals surface area contributed by atoms with E-state index in [2.05, 4.69) is 15.9 Å². The number of hydrogen-bond acceptors (Lipinski definition) is 2. The number of rotatable bonds is 3. The van der Waals surface area contributed by atoms with Crippen LogP contribution < -0.4 is 4.74 Å². The Morgan fingerprint density at radius 1 is 1.15 bits per heavy atom. The Balaban J connectivity index is 2.31. The van der Waals surface area contributed by atoms with Crippen LogP contribution in [0.2, 0.25) is 5.02 Å². The fourth-order valence-corrected chi connectivity index (χ4v) is 2.41. The normalized spacial score (nSPS) is 12.3. The molecule has 0 amide bonds. The maximum Gasteiger partial charge on any atom is 0.146 e. The van der Waals surface area contributed by atoms with Gasteiger partial charge in [0.1, 0.15) is 11.5 Å². The minimum Gasteiger partial charge on any atom is -0.456 e. The van der Waals surface area contributed by atoms with E-state index >= 15 is 0 Å². The van der Waals surface area contributed by atoms with E-state index in [-0.39, 0.29) is 0 Å². The molecular weight excluding hydrogens is 340 g/mol. The summed E-state index contributed by atoms with van der Waals surface area (Å²) in [7, 11) is 0. The maximum absolute atomic E-state index is 9.53. The van der Waals surface area contributed by atoms with Crippen molar-refractivity contribution in [1.82, 2.24) is 0 Å². The van der Waals surface area contributed by atoms with Crippen LogP contribution in [0, 0.1) is 13.8 Å². The van der Waals surface area contributed by atoms with Crippen LogP contribution in [0.15, 0.2) is 34.8 Å². The fraction of sp³-hybridized carbons (Fsp3) is 0.250. The smallest absolute Gasteiger partial charge is 0.146 e. The number of hydrogen-bond donors (Lipinski definition) is 1. The van der Waals surface area contributed by atoms with Crippen LogP contribution in [-0.4, -0.2) is 5.11 Å². The lowest BCUT2D eigenvalue weighted by atomic mass is 10.1. The van der Waals surface area contributed by atoms with Crippen molar-refractivity contribution in [2.75, 3.05) is 0 Å². The predicted molar refractivity (Wildman–Crippen MR) is 85.8 cm³/mol. The summed E-state index contributed by atoms with van der Waals surface area (Å²) in [4.78, 5) is 0. The molecule has 0 saturated carbocycles. The first kappa shape index (κ1) is 15.4. The van der Waals surface area contributed by atoms with Gasteiger partial charge in [0.2, 0.25) is 0 Å². The molecule has 0 spiro atoms. The van der Waals surface area contributed by atoms with Gasteiger partial charge in [0, 0.05) is 4.47 Å². The number of halogens is 2. The number of aliphatic hydroxyl groups is 1. The minimum absolute atomic E-state index is 0.488. The molecule has 20 heavy (non-hydrogen) atoms. The van der Waals surface area contributed by atoms with Crippen LogP contribution in [-0.2, 0) is 0 Å². The molecule has 106 valence electrons. The van der Waals surface area contributed by atoms with Crippen LogP contribution in [0.3, 0.4) is 0 Å². The molecule has 0 saturated heterocycles. The van der Waals surface area contributed by atoms with Crippen molar-refractivity contribution in [2.24, 2.45) is 0 Å². The molecule has 4 heteroatoms. The van der Waals surface area contributed by atoms with Gasteiger partial charge in [0.15, 0.2) is 0 Å². The zero-order valence-electron chi connectivity index (χ0n) is 11.6. The SMILES string of the molecule is Cc1cc(Oc2ccc([C@H](C)O)cc2Cl)cc(C)c1Br. The van der Waals surface area contributed by atoms with Gasteiger partial charge >= 0.3 is 0 Å². The molecule has 0 aromatic heterocycles. The monoisotopic (exact) mass is 354 g/mol. The third kappa shape index (κ3) is 3.35. The van der Waals surface area contributed by atoms with Crippen LogP contribution in [0.4, 0.5) is 0 Å². The lowest BCUT2D eigenvalue weighted by Crippen LogP contribution is -1.93. The summed E-state index contributed by atoms with van der Waals surface area (Å²) in [6.07, 6.45) is -0.543. The van der Waals surface area contributed by atoms with Crippen LogP contribution in [0.1, 0.15) is 29.7 Å². The van der Waals surface area contributed by atoms with E-state index in [1.807, 2.05) is 32.0 Å². The molecule has 2 nitrogen and oxygen atoms in total. The molecule has 0 bridgehead atoms. The van der Waals surface area contributed by atoms with Crippen molar-refractivity contribution >= 4 is 27.5 Å². The van der Waals surface area contributed by atoms with Crippen molar-refractivity contribution in [3.63, 3.8) is 0 Å². The van der Waals surface area contributed by atoms with Gasteiger partial charge in [-0.15, -0.1) is 0 Å². The van der Waals surface area contributed by atoms with Crippen molar-refractivity contribution in [3.8, 4) is 11.5 Å². The molecule has 1 N–H and O–H groups in total. The average molecular weight is 356 g/mol. The highest BCUT2D eigenvalue weighted by molar-refractivity contribution is 9.10. The Morgan fingerprint density at radius 3 is 2.25 bits per heavy atom. The summed E-state index contributed by atoms with van der Waals surface area (Å²) in [6, 6.07) is 9.22. The summed E-state index contributed by atoms with van der Waals surface area (Å²) in [5.74, 6) is 1.33. The Kier molecular flexibility index (Phi) is 4.74. The van der Waals surface area contributed by atoms with Gasteiger partial charge in [0.25, 0.3) is 0 Å². The van der Waals surface area contributed by atoms with E-state index in [4.69, 9.17) is 16.3 Å². The molecule has 0 aliphatic heterocycles. The van der Waals surface area contributed by atoms with E-state index in [1.165, 1.54) is 0 Å². The van der Waals surface area contributed by atoms with Gasteiger partial charge in [-0.1, -0.05) is 33.6 Å². The molecular formula is C16H16BrClO2. The largest absolute Gasteiger partial charge is 0.456 e.